The number of benzene rings is 1. The molecule has 1 N–H and O–H groups in total. The summed E-state index contributed by atoms with van der Waals surface area (Å²) in [7, 11) is 0. The van der Waals surface area contributed by atoms with Gasteiger partial charge >= 0.3 is 0 Å². The molecule has 0 saturated carbocycles. The summed E-state index contributed by atoms with van der Waals surface area (Å²) in [6.45, 7) is 3.58. The molecule has 0 bridgehead atoms. The summed E-state index contributed by atoms with van der Waals surface area (Å²) in [6.07, 6.45) is 5.52. The number of hydrogen-bond donors (Lipinski definition) is 1. The summed E-state index contributed by atoms with van der Waals surface area (Å²) in [6, 6.07) is 13.0. The van der Waals surface area contributed by atoms with E-state index in [1.807, 2.05) is 36.7 Å². The molecule has 25 heavy (non-hydrogen) atoms. The number of rotatable bonds is 4. The topological polar surface area (TPSA) is 46.0 Å². The van der Waals surface area contributed by atoms with E-state index in [9.17, 15) is 4.39 Å². The van der Waals surface area contributed by atoms with Crippen molar-refractivity contribution in [3.05, 3.63) is 78.0 Å². The second kappa shape index (κ2) is 7.13. The summed E-state index contributed by atoms with van der Waals surface area (Å²) in [5, 5.41) is 7.62. The lowest BCUT2D eigenvalue weighted by Gasteiger charge is -2.36. The van der Waals surface area contributed by atoms with Gasteiger partial charge in [-0.05, 0) is 35.4 Å². The van der Waals surface area contributed by atoms with Crippen molar-refractivity contribution in [3.8, 4) is 5.82 Å². The fraction of sp³-hybridized carbons (Fsp3) is 0.263. The Hall–Kier alpha value is -2.57. The van der Waals surface area contributed by atoms with Crippen LogP contribution in [0.5, 0.6) is 0 Å². The molecule has 1 saturated heterocycles. The van der Waals surface area contributed by atoms with Crippen LogP contribution in [-0.2, 0) is 6.54 Å². The number of nitrogens with one attached hydrogen (secondary N) is 1. The van der Waals surface area contributed by atoms with Crippen molar-refractivity contribution >= 4 is 0 Å². The molecule has 1 unspecified atom stereocenters. The maximum Gasteiger partial charge on any atom is 0.153 e. The molecule has 0 aliphatic carbocycles. The van der Waals surface area contributed by atoms with Crippen LogP contribution in [0.2, 0.25) is 0 Å². The van der Waals surface area contributed by atoms with Crippen molar-refractivity contribution in [2.75, 3.05) is 19.6 Å². The maximum absolute atomic E-state index is 13.2. The average molecular weight is 337 g/mol. The van der Waals surface area contributed by atoms with Crippen LogP contribution in [0.4, 0.5) is 4.39 Å². The predicted molar refractivity (Wildman–Crippen MR) is 93.8 cm³/mol. The Bertz CT molecular complexity index is 799. The van der Waals surface area contributed by atoms with Gasteiger partial charge in [0, 0.05) is 50.8 Å². The quantitative estimate of drug-likeness (QED) is 0.795. The molecule has 3 heterocycles. The summed E-state index contributed by atoms with van der Waals surface area (Å²) in [4.78, 5) is 6.92. The second-order valence-electron chi connectivity index (χ2n) is 6.22. The van der Waals surface area contributed by atoms with Crippen LogP contribution < -0.4 is 5.32 Å². The Kier molecular flexibility index (Phi) is 4.54. The number of hydrogen-bond acceptors (Lipinski definition) is 4. The zero-order valence-corrected chi connectivity index (χ0v) is 13.8. The Balaban J connectivity index is 1.50. The van der Waals surface area contributed by atoms with E-state index in [2.05, 4.69) is 26.4 Å². The van der Waals surface area contributed by atoms with E-state index in [-0.39, 0.29) is 11.9 Å². The molecule has 6 heteroatoms. The molecule has 0 radical (unpaired) electrons. The van der Waals surface area contributed by atoms with Gasteiger partial charge in [0.2, 0.25) is 0 Å². The number of nitrogens with zero attached hydrogens (tertiary/aromatic N) is 4. The molecule has 4 rings (SSSR count). The largest absolute Gasteiger partial charge is 0.314 e. The number of halogens is 1. The molecule has 128 valence electrons. The van der Waals surface area contributed by atoms with Crippen LogP contribution in [-0.4, -0.2) is 39.3 Å². The first kappa shape index (κ1) is 15.9. The smallest absolute Gasteiger partial charge is 0.153 e. The lowest BCUT2D eigenvalue weighted by atomic mass is 10.0. The second-order valence-corrected chi connectivity index (χ2v) is 6.22. The predicted octanol–water partition coefficient (Wildman–Crippen LogP) is 2.55. The van der Waals surface area contributed by atoms with E-state index in [0.717, 1.165) is 43.1 Å². The fourth-order valence-electron chi connectivity index (χ4n) is 3.23. The van der Waals surface area contributed by atoms with E-state index in [1.54, 1.807) is 10.9 Å². The Labute approximate surface area is 146 Å². The van der Waals surface area contributed by atoms with Crippen LogP contribution in [0.3, 0.4) is 0 Å². The zero-order valence-electron chi connectivity index (χ0n) is 13.8. The van der Waals surface area contributed by atoms with Crippen molar-refractivity contribution < 1.29 is 4.39 Å². The summed E-state index contributed by atoms with van der Waals surface area (Å²) in [5.41, 5.74) is 2.29. The lowest BCUT2D eigenvalue weighted by molar-refractivity contribution is 0.153. The van der Waals surface area contributed by atoms with Gasteiger partial charge in [-0.1, -0.05) is 18.2 Å². The molecule has 1 aromatic carbocycles. The molecular formula is C19H20FN5. The van der Waals surface area contributed by atoms with E-state index in [4.69, 9.17) is 0 Å². The van der Waals surface area contributed by atoms with Crippen LogP contribution in [0.25, 0.3) is 5.82 Å². The highest BCUT2D eigenvalue weighted by atomic mass is 19.1. The monoisotopic (exact) mass is 337 g/mol. The van der Waals surface area contributed by atoms with Crippen molar-refractivity contribution in [1.29, 1.82) is 0 Å². The third-order valence-corrected chi connectivity index (χ3v) is 4.54. The molecule has 5 nitrogen and oxygen atoms in total. The van der Waals surface area contributed by atoms with E-state index in [1.165, 1.54) is 12.1 Å². The van der Waals surface area contributed by atoms with Gasteiger partial charge in [0.1, 0.15) is 5.82 Å². The molecule has 0 spiro atoms. The van der Waals surface area contributed by atoms with Crippen LogP contribution in [0, 0.1) is 5.82 Å². The number of piperazine rings is 1. The third-order valence-electron chi connectivity index (χ3n) is 4.54. The van der Waals surface area contributed by atoms with Gasteiger partial charge in [-0.3, -0.25) is 4.90 Å². The Morgan fingerprint density at radius 1 is 1.16 bits per heavy atom. The highest BCUT2D eigenvalue weighted by molar-refractivity contribution is 5.25. The molecule has 0 amide bonds. The van der Waals surface area contributed by atoms with E-state index in [0.29, 0.717) is 0 Å². The minimum Gasteiger partial charge on any atom is -0.314 e. The van der Waals surface area contributed by atoms with Crippen molar-refractivity contribution in [3.63, 3.8) is 0 Å². The molecule has 1 fully saturated rings. The Morgan fingerprint density at radius 2 is 2.04 bits per heavy atom. The molecule has 1 atom stereocenters. The zero-order chi connectivity index (χ0) is 17.1. The summed E-state index contributed by atoms with van der Waals surface area (Å²) < 4.78 is 15.0. The van der Waals surface area contributed by atoms with Gasteiger partial charge in [0.05, 0.1) is 0 Å². The van der Waals surface area contributed by atoms with Crippen LogP contribution in [0.15, 0.2) is 61.1 Å². The first-order valence-electron chi connectivity index (χ1n) is 8.45. The molecular weight excluding hydrogens is 317 g/mol. The van der Waals surface area contributed by atoms with Crippen LogP contribution >= 0.6 is 0 Å². The average Bonchev–Trinajstić information content (AvgIpc) is 3.18. The molecule has 2 aromatic heterocycles. The minimum absolute atomic E-state index is 0.197. The Morgan fingerprint density at radius 3 is 2.76 bits per heavy atom. The first-order valence-corrected chi connectivity index (χ1v) is 8.45. The van der Waals surface area contributed by atoms with Gasteiger partial charge in [-0.15, -0.1) is 0 Å². The van der Waals surface area contributed by atoms with Gasteiger partial charge in [0.25, 0.3) is 0 Å². The lowest BCUT2D eigenvalue weighted by Crippen LogP contribution is -2.45. The molecule has 1 aliphatic heterocycles. The van der Waals surface area contributed by atoms with E-state index >= 15 is 0 Å². The number of pyridine rings is 1. The minimum atomic E-state index is -0.197. The van der Waals surface area contributed by atoms with Crippen molar-refractivity contribution in [1.82, 2.24) is 25.0 Å². The third kappa shape index (κ3) is 3.60. The standard InChI is InChI=1S/C19H20FN5/c20-17-5-3-16(4-6-17)18-13-21-9-11-24(18)14-15-2-7-19(22-12-15)25-10-1-8-23-25/h1-8,10,12,18,21H,9,11,13-14H2. The van der Waals surface area contributed by atoms with Crippen molar-refractivity contribution in [2.24, 2.45) is 0 Å². The van der Waals surface area contributed by atoms with E-state index < -0.39 is 0 Å². The molecule has 3 aromatic rings. The van der Waals surface area contributed by atoms with Gasteiger partial charge in [-0.25, -0.2) is 14.1 Å². The summed E-state index contributed by atoms with van der Waals surface area (Å²) in [5.74, 6) is 0.613. The maximum atomic E-state index is 13.2. The van der Waals surface area contributed by atoms with Crippen molar-refractivity contribution in [2.45, 2.75) is 12.6 Å². The van der Waals surface area contributed by atoms with Gasteiger partial charge in [0.15, 0.2) is 5.82 Å². The summed E-state index contributed by atoms with van der Waals surface area (Å²) >= 11 is 0. The first-order chi connectivity index (χ1) is 12.3. The van der Waals surface area contributed by atoms with Gasteiger partial charge in [-0.2, -0.15) is 5.10 Å². The molecule has 1 aliphatic rings. The number of aromatic nitrogens is 3. The normalized spacial score (nSPS) is 18.4. The van der Waals surface area contributed by atoms with Crippen LogP contribution in [0.1, 0.15) is 17.2 Å². The SMILES string of the molecule is Fc1ccc(C2CNCCN2Cc2ccc(-n3cccn3)nc2)cc1. The fourth-order valence-corrected chi connectivity index (χ4v) is 3.23. The van der Waals surface area contributed by atoms with Gasteiger partial charge < -0.3 is 5.32 Å². The highest BCUT2D eigenvalue weighted by Crippen LogP contribution is 2.24. The highest BCUT2D eigenvalue weighted by Gasteiger charge is 2.23.